The Bertz CT molecular complexity index is 429. The topological polar surface area (TPSA) is 69.9 Å². The molecule has 2 N–H and O–H groups in total. The normalized spacial score (nSPS) is 10.6. The molecule has 68 valence electrons. The Morgan fingerprint density at radius 3 is 2.77 bits per heavy atom. The van der Waals surface area contributed by atoms with Crippen LogP contribution in [0, 0.1) is 6.92 Å². The van der Waals surface area contributed by atoms with Gasteiger partial charge >= 0.3 is 0 Å². The highest BCUT2D eigenvalue weighted by molar-refractivity contribution is 5.58. The molecule has 0 saturated carbocycles. The van der Waals surface area contributed by atoms with E-state index in [2.05, 4.69) is 10.3 Å². The van der Waals surface area contributed by atoms with Crippen LogP contribution in [0.25, 0.3) is 11.5 Å². The monoisotopic (exact) mass is 178 g/mol. The van der Waals surface area contributed by atoms with Crippen LogP contribution < -0.4 is 5.73 Å². The summed E-state index contributed by atoms with van der Waals surface area (Å²) in [5.74, 6) is 0.982. The fraction of sp³-hybridized carbons (Fsp3) is 0.250. The van der Waals surface area contributed by atoms with Crippen LogP contribution in [0.1, 0.15) is 5.56 Å². The van der Waals surface area contributed by atoms with Gasteiger partial charge in [0.25, 0.3) is 0 Å². The first-order valence-corrected chi connectivity index (χ1v) is 3.89. The van der Waals surface area contributed by atoms with Crippen molar-refractivity contribution >= 4 is 5.82 Å². The SMILES string of the molecule is Cc1cn(C)nc1-c1cc(N)no1. The molecule has 0 spiro atoms. The van der Waals surface area contributed by atoms with Gasteiger partial charge in [-0.15, -0.1) is 0 Å². The highest BCUT2D eigenvalue weighted by Gasteiger charge is 2.10. The maximum absolute atomic E-state index is 5.43. The van der Waals surface area contributed by atoms with Crippen molar-refractivity contribution in [1.82, 2.24) is 14.9 Å². The second-order valence-electron chi connectivity index (χ2n) is 2.95. The Kier molecular flexibility index (Phi) is 1.58. The van der Waals surface area contributed by atoms with Crippen molar-refractivity contribution in [2.75, 3.05) is 5.73 Å². The highest BCUT2D eigenvalue weighted by atomic mass is 16.5. The average molecular weight is 178 g/mol. The predicted octanol–water partition coefficient (Wildman–Crippen LogP) is 0.966. The maximum Gasteiger partial charge on any atom is 0.189 e. The number of rotatable bonds is 1. The molecule has 0 aliphatic heterocycles. The van der Waals surface area contributed by atoms with Crippen LogP contribution in [0.5, 0.6) is 0 Å². The van der Waals surface area contributed by atoms with Crippen molar-refractivity contribution in [3.63, 3.8) is 0 Å². The third kappa shape index (κ3) is 1.28. The minimum atomic E-state index is 0.375. The summed E-state index contributed by atoms with van der Waals surface area (Å²) >= 11 is 0. The highest BCUT2D eigenvalue weighted by Crippen LogP contribution is 2.22. The fourth-order valence-corrected chi connectivity index (χ4v) is 1.25. The second kappa shape index (κ2) is 2.62. The van der Waals surface area contributed by atoms with Gasteiger partial charge in [-0.1, -0.05) is 5.16 Å². The number of nitrogens with two attached hydrogens (primary N) is 1. The Morgan fingerprint density at radius 2 is 2.31 bits per heavy atom. The van der Waals surface area contributed by atoms with E-state index in [1.165, 1.54) is 0 Å². The van der Waals surface area contributed by atoms with Gasteiger partial charge in [0.15, 0.2) is 11.6 Å². The van der Waals surface area contributed by atoms with Crippen LogP contribution in [0.4, 0.5) is 5.82 Å². The van der Waals surface area contributed by atoms with E-state index in [1.807, 2.05) is 20.2 Å². The van der Waals surface area contributed by atoms with Gasteiger partial charge in [-0.05, 0) is 12.5 Å². The van der Waals surface area contributed by atoms with Gasteiger partial charge in [-0.2, -0.15) is 5.10 Å². The smallest absolute Gasteiger partial charge is 0.189 e. The van der Waals surface area contributed by atoms with Crippen molar-refractivity contribution in [1.29, 1.82) is 0 Å². The summed E-state index contributed by atoms with van der Waals surface area (Å²) in [4.78, 5) is 0. The lowest BCUT2D eigenvalue weighted by atomic mass is 10.2. The number of aromatic nitrogens is 3. The van der Waals surface area contributed by atoms with Crippen molar-refractivity contribution in [2.45, 2.75) is 6.92 Å². The lowest BCUT2D eigenvalue weighted by molar-refractivity contribution is 0.434. The molecule has 0 aliphatic rings. The van der Waals surface area contributed by atoms with Crippen molar-refractivity contribution in [3.05, 3.63) is 17.8 Å². The van der Waals surface area contributed by atoms with Crippen LogP contribution in [0.15, 0.2) is 16.8 Å². The molecule has 5 heteroatoms. The first-order valence-electron chi connectivity index (χ1n) is 3.89. The van der Waals surface area contributed by atoms with Crippen LogP contribution in [-0.4, -0.2) is 14.9 Å². The molecule has 0 bridgehead atoms. The third-order valence-corrected chi connectivity index (χ3v) is 1.77. The van der Waals surface area contributed by atoms with E-state index in [-0.39, 0.29) is 0 Å². The summed E-state index contributed by atoms with van der Waals surface area (Å²) in [5.41, 5.74) is 7.26. The van der Waals surface area contributed by atoms with Crippen LogP contribution in [-0.2, 0) is 7.05 Å². The Morgan fingerprint density at radius 1 is 1.54 bits per heavy atom. The molecule has 0 fully saturated rings. The molecule has 0 radical (unpaired) electrons. The van der Waals surface area contributed by atoms with E-state index in [0.29, 0.717) is 11.6 Å². The molecular formula is C8H10N4O. The van der Waals surface area contributed by atoms with Crippen LogP contribution in [0.2, 0.25) is 0 Å². The van der Waals surface area contributed by atoms with E-state index in [4.69, 9.17) is 10.3 Å². The van der Waals surface area contributed by atoms with Crippen molar-refractivity contribution in [3.8, 4) is 11.5 Å². The number of nitrogen functional groups attached to an aromatic ring is 1. The summed E-state index contributed by atoms with van der Waals surface area (Å²) in [7, 11) is 1.86. The fourth-order valence-electron chi connectivity index (χ4n) is 1.25. The summed E-state index contributed by atoms with van der Waals surface area (Å²) in [6.45, 7) is 1.96. The van der Waals surface area contributed by atoms with Gasteiger partial charge in [0, 0.05) is 19.3 Å². The van der Waals surface area contributed by atoms with E-state index in [0.717, 1.165) is 11.3 Å². The maximum atomic E-state index is 5.43. The Balaban J connectivity index is 2.51. The van der Waals surface area contributed by atoms with Crippen LogP contribution >= 0.6 is 0 Å². The van der Waals surface area contributed by atoms with Gasteiger partial charge in [0.05, 0.1) is 0 Å². The molecule has 2 rings (SSSR count). The van der Waals surface area contributed by atoms with Crippen LogP contribution in [0.3, 0.4) is 0 Å². The summed E-state index contributed by atoms with van der Waals surface area (Å²) < 4.78 is 6.72. The molecule has 0 unspecified atom stereocenters. The number of anilines is 1. The number of hydrogen-bond donors (Lipinski definition) is 1. The van der Waals surface area contributed by atoms with Gasteiger partial charge in [0.1, 0.15) is 5.69 Å². The number of aryl methyl sites for hydroxylation is 2. The van der Waals surface area contributed by atoms with E-state index < -0.39 is 0 Å². The molecule has 2 aromatic heterocycles. The Hall–Kier alpha value is -1.78. The van der Waals surface area contributed by atoms with Gasteiger partial charge in [0.2, 0.25) is 0 Å². The van der Waals surface area contributed by atoms with Gasteiger partial charge < -0.3 is 10.3 Å². The predicted molar refractivity (Wildman–Crippen MR) is 47.9 cm³/mol. The van der Waals surface area contributed by atoms with E-state index in [1.54, 1.807) is 10.7 Å². The standard InChI is InChI=1S/C8H10N4O/c1-5-4-12(2)10-8(5)6-3-7(9)11-13-6/h3-4H,1-2H3,(H2,9,11). The minimum Gasteiger partial charge on any atom is -0.381 e. The van der Waals surface area contributed by atoms with Crippen molar-refractivity contribution in [2.24, 2.45) is 7.05 Å². The summed E-state index contributed by atoms with van der Waals surface area (Å²) in [5, 5.41) is 7.82. The molecular weight excluding hydrogens is 168 g/mol. The molecule has 5 nitrogen and oxygen atoms in total. The van der Waals surface area contributed by atoms with Crippen molar-refractivity contribution < 1.29 is 4.52 Å². The zero-order valence-electron chi connectivity index (χ0n) is 7.48. The zero-order valence-corrected chi connectivity index (χ0v) is 7.48. The summed E-state index contributed by atoms with van der Waals surface area (Å²) in [6, 6.07) is 1.66. The second-order valence-corrected chi connectivity index (χ2v) is 2.95. The molecule has 0 aliphatic carbocycles. The molecule has 0 atom stereocenters. The number of hydrogen-bond acceptors (Lipinski definition) is 4. The first kappa shape index (κ1) is 7.85. The lowest BCUT2D eigenvalue weighted by Crippen LogP contribution is -1.86. The third-order valence-electron chi connectivity index (χ3n) is 1.77. The molecule has 0 amide bonds. The molecule has 0 saturated heterocycles. The van der Waals surface area contributed by atoms with E-state index >= 15 is 0 Å². The minimum absolute atomic E-state index is 0.375. The lowest BCUT2D eigenvalue weighted by Gasteiger charge is -1.87. The molecule has 13 heavy (non-hydrogen) atoms. The molecule has 0 aromatic carbocycles. The largest absolute Gasteiger partial charge is 0.381 e. The average Bonchev–Trinajstić information content (AvgIpc) is 2.58. The molecule has 2 aromatic rings. The zero-order chi connectivity index (χ0) is 9.42. The first-order chi connectivity index (χ1) is 6.16. The number of nitrogens with zero attached hydrogens (tertiary/aromatic N) is 3. The van der Waals surface area contributed by atoms with Gasteiger partial charge in [-0.25, -0.2) is 0 Å². The van der Waals surface area contributed by atoms with Gasteiger partial charge in [-0.3, -0.25) is 4.68 Å². The Labute approximate surface area is 75.1 Å². The summed E-state index contributed by atoms with van der Waals surface area (Å²) in [6.07, 6.45) is 1.91. The van der Waals surface area contributed by atoms with E-state index in [9.17, 15) is 0 Å². The quantitative estimate of drug-likeness (QED) is 0.706. The molecule has 2 heterocycles.